The summed E-state index contributed by atoms with van der Waals surface area (Å²) in [5.41, 5.74) is 1.01. The van der Waals surface area contributed by atoms with Crippen LogP contribution in [0.2, 0.25) is 0 Å². The number of nitrogens with one attached hydrogen (secondary N) is 1. The molecule has 0 unspecified atom stereocenters. The molecular formula is C20H18F2N2OS. The number of rotatable bonds is 4. The molecule has 1 fully saturated rings. The molecule has 0 spiro atoms. The van der Waals surface area contributed by atoms with Gasteiger partial charge < -0.3 is 10.2 Å². The summed E-state index contributed by atoms with van der Waals surface area (Å²) < 4.78 is 27.2. The largest absolute Gasteiger partial charge is 0.371 e. The van der Waals surface area contributed by atoms with E-state index in [1.54, 1.807) is 24.3 Å². The lowest BCUT2D eigenvalue weighted by Gasteiger charge is -2.18. The summed E-state index contributed by atoms with van der Waals surface area (Å²) in [4.78, 5) is 15.2. The van der Waals surface area contributed by atoms with Crippen molar-refractivity contribution in [1.29, 1.82) is 0 Å². The maximum Gasteiger partial charge on any atom is 0.261 e. The van der Waals surface area contributed by atoms with Gasteiger partial charge in [-0.25, -0.2) is 8.78 Å². The molecule has 134 valence electrons. The molecule has 1 aliphatic heterocycles. The van der Waals surface area contributed by atoms with Crippen molar-refractivity contribution in [3.63, 3.8) is 0 Å². The van der Waals surface area contributed by atoms with Crippen LogP contribution in [0.3, 0.4) is 0 Å². The van der Waals surface area contributed by atoms with E-state index in [-0.39, 0.29) is 17.5 Å². The van der Waals surface area contributed by atoms with Crippen molar-refractivity contribution in [1.82, 2.24) is 5.32 Å². The van der Waals surface area contributed by atoms with Crippen molar-refractivity contribution >= 4 is 33.0 Å². The Labute approximate surface area is 154 Å². The Morgan fingerprint density at radius 3 is 2.69 bits per heavy atom. The second-order valence-electron chi connectivity index (χ2n) is 6.58. The summed E-state index contributed by atoms with van der Waals surface area (Å²) in [6.07, 6.45) is 0.981. The number of halogens is 2. The van der Waals surface area contributed by atoms with E-state index >= 15 is 0 Å². The number of nitrogens with zero attached hydrogens (tertiary/aromatic N) is 1. The Hall–Kier alpha value is -2.47. The van der Waals surface area contributed by atoms with E-state index in [0.717, 1.165) is 35.3 Å². The topological polar surface area (TPSA) is 32.3 Å². The Morgan fingerprint density at radius 1 is 1.12 bits per heavy atom. The molecule has 1 atom stereocenters. The predicted octanol–water partition coefficient (Wildman–Crippen LogP) is 4.44. The average molecular weight is 372 g/mol. The van der Waals surface area contributed by atoms with Crippen LogP contribution >= 0.6 is 11.3 Å². The lowest BCUT2D eigenvalue weighted by molar-refractivity contribution is 0.0952. The van der Waals surface area contributed by atoms with Gasteiger partial charge >= 0.3 is 0 Å². The van der Waals surface area contributed by atoms with Gasteiger partial charge in [-0.2, -0.15) is 0 Å². The molecule has 0 bridgehead atoms. The monoisotopic (exact) mass is 372 g/mol. The van der Waals surface area contributed by atoms with Crippen LogP contribution in [-0.2, 0) is 0 Å². The fourth-order valence-electron chi connectivity index (χ4n) is 3.34. The quantitative estimate of drug-likeness (QED) is 0.735. The molecule has 6 heteroatoms. The highest BCUT2D eigenvalue weighted by atomic mass is 32.1. The van der Waals surface area contributed by atoms with Gasteiger partial charge in [-0.1, -0.05) is 0 Å². The van der Waals surface area contributed by atoms with Crippen LogP contribution in [-0.4, -0.2) is 25.5 Å². The zero-order valence-corrected chi connectivity index (χ0v) is 14.9. The number of carbonyl (C=O) groups is 1. The van der Waals surface area contributed by atoms with Crippen LogP contribution in [0.15, 0.2) is 48.5 Å². The maximum atomic E-state index is 13.3. The molecule has 1 saturated heterocycles. The molecular weight excluding hydrogens is 354 g/mol. The minimum atomic E-state index is -0.297. The minimum absolute atomic E-state index is 0.119. The van der Waals surface area contributed by atoms with Gasteiger partial charge in [-0.05, 0) is 66.3 Å². The van der Waals surface area contributed by atoms with Gasteiger partial charge in [0, 0.05) is 30.0 Å². The van der Waals surface area contributed by atoms with Crippen molar-refractivity contribution in [2.45, 2.75) is 6.42 Å². The molecule has 0 saturated carbocycles. The van der Waals surface area contributed by atoms with E-state index in [9.17, 15) is 13.6 Å². The number of anilines is 1. The molecule has 0 aliphatic carbocycles. The van der Waals surface area contributed by atoms with E-state index < -0.39 is 0 Å². The van der Waals surface area contributed by atoms with Crippen LogP contribution in [0.25, 0.3) is 10.1 Å². The molecule has 3 aromatic rings. The van der Waals surface area contributed by atoms with Crippen LogP contribution in [0.1, 0.15) is 16.1 Å². The molecule has 0 radical (unpaired) electrons. The van der Waals surface area contributed by atoms with Crippen molar-refractivity contribution in [2.75, 3.05) is 24.5 Å². The van der Waals surface area contributed by atoms with Crippen molar-refractivity contribution < 1.29 is 13.6 Å². The van der Waals surface area contributed by atoms with Gasteiger partial charge in [0.05, 0.1) is 4.88 Å². The van der Waals surface area contributed by atoms with Gasteiger partial charge in [0.25, 0.3) is 5.91 Å². The van der Waals surface area contributed by atoms with Gasteiger partial charge in [-0.3, -0.25) is 4.79 Å². The Balaban J connectivity index is 1.35. The number of fused-ring (bicyclic) bond motifs is 1. The summed E-state index contributed by atoms with van der Waals surface area (Å²) in [5.74, 6) is -0.295. The van der Waals surface area contributed by atoms with Gasteiger partial charge in [0.1, 0.15) is 11.6 Å². The van der Waals surface area contributed by atoms with Gasteiger partial charge in [-0.15, -0.1) is 11.3 Å². The molecule has 1 N–H and O–H groups in total. The molecule has 1 amide bonds. The number of benzene rings is 2. The third kappa shape index (κ3) is 3.55. The molecule has 26 heavy (non-hydrogen) atoms. The smallest absolute Gasteiger partial charge is 0.261 e. The van der Waals surface area contributed by atoms with Crippen molar-refractivity contribution in [3.05, 3.63) is 65.0 Å². The number of carbonyl (C=O) groups excluding carboxylic acids is 1. The number of thiophene rings is 1. The fourth-order valence-corrected chi connectivity index (χ4v) is 4.30. The van der Waals surface area contributed by atoms with Crippen LogP contribution < -0.4 is 10.2 Å². The lowest BCUT2D eigenvalue weighted by atomic mass is 10.1. The molecule has 1 aromatic heterocycles. The average Bonchev–Trinajstić information content (AvgIpc) is 3.27. The zero-order valence-electron chi connectivity index (χ0n) is 14.0. The first kappa shape index (κ1) is 17.0. The molecule has 2 heterocycles. The van der Waals surface area contributed by atoms with E-state index in [0.29, 0.717) is 17.3 Å². The highest BCUT2D eigenvalue weighted by Crippen LogP contribution is 2.27. The van der Waals surface area contributed by atoms with Crippen molar-refractivity contribution in [2.24, 2.45) is 5.92 Å². The van der Waals surface area contributed by atoms with E-state index in [1.165, 1.54) is 35.6 Å². The predicted molar refractivity (Wildman–Crippen MR) is 101 cm³/mol. The summed E-state index contributed by atoms with van der Waals surface area (Å²) in [6.45, 7) is 2.33. The first-order chi connectivity index (χ1) is 12.6. The Bertz CT molecular complexity index is 939. The maximum absolute atomic E-state index is 13.3. The highest BCUT2D eigenvalue weighted by Gasteiger charge is 2.23. The van der Waals surface area contributed by atoms with Crippen molar-refractivity contribution in [3.8, 4) is 0 Å². The Kier molecular flexibility index (Phi) is 4.59. The summed E-state index contributed by atoms with van der Waals surface area (Å²) >= 11 is 1.37. The van der Waals surface area contributed by atoms with E-state index in [2.05, 4.69) is 10.2 Å². The number of hydrogen-bond donors (Lipinski definition) is 1. The SMILES string of the molecule is O=C(NC[C@@H]1CCN(c2ccc(F)cc2)C1)c1cc2cc(F)ccc2s1. The number of amides is 1. The van der Waals surface area contributed by atoms with Gasteiger partial charge in [0.2, 0.25) is 0 Å². The Morgan fingerprint density at radius 2 is 1.88 bits per heavy atom. The summed E-state index contributed by atoms with van der Waals surface area (Å²) in [5, 5.41) is 3.74. The molecule has 2 aromatic carbocycles. The van der Waals surface area contributed by atoms with E-state index in [1.807, 2.05) is 0 Å². The third-order valence-electron chi connectivity index (χ3n) is 4.73. The van der Waals surface area contributed by atoms with E-state index in [4.69, 9.17) is 0 Å². The second kappa shape index (κ2) is 7.03. The second-order valence-corrected chi connectivity index (χ2v) is 7.66. The molecule has 3 nitrogen and oxygen atoms in total. The van der Waals surface area contributed by atoms with Crippen LogP contribution in [0.4, 0.5) is 14.5 Å². The molecule has 1 aliphatic rings. The van der Waals surface area contributed by atoms with Gasteiger partial charge in [0.15, 0.2) is 0 Å². The normalized spacial score (nSPS) is 17.0. The van der Waals surface area contributed by atoms with Crippen LogP contribution in [0.5, 0.6) is 0 Å². The number of hydrogen-bond acceptors (Lipinski definition) is 3. The summed E-state index contributed by atoms with van der Waals surface area (Å²) in [7, 11) is 0. The summed E-state index contributed by atoms with van der Waals surface area (Å²) in [6, 6.07) is 12.8. The highest BCUT2D eigenvalue weighted by molar-refractivity contribution is 7.20. The minimum Gasteiger partial charge on any atom is -0.371 e. The lowest BCUT2D eigenvalue weighted by Crippen LogP contribution is -2.30. The molecule has 4 rings (SSSR count). The van der Waals surface area contributed by atoms with Crippen LogP contribution in [0, 0.1) is 17.6 Å². The standard InChI is InChI=1S/C20H18F2N2OS/c21-15-1-4-17(5-2-15)24-8-7-13(12-24)11-23-20(25)19-10-14-9-16(22)3-6-18(14)26-19/h1-6,9-10,13H,7-8,11-12H2,(H,23,25)/t13-/m0/s1. The fraction of sp³-hybridized carbons (Fsp3) is 0.250. The first-order valence-electron chi connectivity index (χ1n) is 8.56. The zero-order chi connectivity index (χ0) is 18.1. The third-order valence-corrected chi connectivity index (χ3v) is 5.85. The first-order valence-corrected chi connectivity index (χ1v) is 9.38.